The van der Waals surface area contributed by atoms with E-state index in [1.165, 1.54) is 19.3 Å². The highest BCUT2D eigenvalue weighted by Gasteiger charge is 2.31. The summed E-state index contributed by atoms with van der Waals surface area (Å²) in [5, 5.41) is 3.42. The number of nitrogen functional groups attached to an aromatic ring is 1. The molecule has 1 heterocycles. The normalized spacial score (nSPS) is 18.1. The third kappa shape index (κ3) is 2.18. The van der Waals surface area contributed by atoms with Gasteiger partial charge in [0.25, 0.3) is 0 Å². The van der Waals surface area contributed by atoms with Crippen molar-refractivity contribution in [2.24, 2.45) is 5.84 Å². The first-order chi connectivity index (χ1) is 7.11. The van der Waals surface area contributed by atoms with Gasteiger partial charge in [0.15, 0.2) is 0 Å². The Hall–Kier alpha value is -1.36. The molecule has 1 saturated carbocycles. The Labute approximate surface area is 89.5 Å². The SMILES string of the molecule is Cc1nc(NN)cc(NC2(C)CCC2)n1. The van der Waals surface area contributed by atoms with E-state index in [2.05, 4.69) is 27.6 Å². The van der Waals surface area contributed by atoms with Crippen LogP contribution in [0.5, 0.6) is 0 Å². The maximum absolute atomic E-state index is 5.33. The summed E-state index contributed by atoms with van der Waals surface area (Å²) in [7, 11) is 0. The van der Waals surface area contributed by atoms with Crippen molar-refractivity contribution in [1.82, 2.24) is 9.97 Å². The van der Waals surface area contributed by atoms with Gasteiger partial charge in [0.1, 0.15) is 17.5 Å². The van der Waals surface area contributed by atoms with Crippen LogP contribution in [0.3, 0.4) is 0 Å². The first-order valence-electron chi connectivity index (χ1n) is 5.22. The van der Waals surface area contributed by atoms with Crippen LogP contribution in [0.4, 0.5) is 11.6 Å². The summed E-state index contributed by atoms with van der Waals surface area (Å²) in [6.45, 7) is 4.07. The van der Waals surface area contributed by atoms with Gasteiger partial charge < -0.3 is 10.7 Å². The highest BCUT2D eigenvalue weighted by atomic mass is 15.3. The molecule has 15 heavy (non-hydrogen) atoms. The van der Waals surface area contributed by atoms with E-state index in [-0.39, 0.29) is 5.54 Å². The topological polar surface area (TPSA) is 75.9 Å². The number of hydrogen-bond acceptors (Lipinski definition) is 5. The van der Waals surface area contributed by atoms with Crippen LogP contribution in [0.25, 0.3) is 0 Å². The highest BCUT2D eigenvalue weighted by molar-refractivity contribution is 5.48. The molecule has 0 spiro atoms. The zero-order valence-corrected chi connectivity index (χ0v) is 9.17. The van der Waals surface area contributed by atoms with Gasteiger partial charge in [-0.2, -0.15) is 0 Å². The lowest BCUT2D eigenvalue weighted by atomic mass is 9.78. The Bertz CT molecular complexity index is 359. The summed E-state index contributed by atoms with van der Waals surface area (Å²) < 4.78 is 0. The fraction of sp³-hybridized carbons (Fsp3) is 0.600. The molecule has 0 aliphatic heterocycles. The van der Waals surface area contributed by atoms with E-state index in [0.29, 0.717) is 5.82 Å². The quantitative estimate of drug-likeness (QED) is 0.516. The maximum atomic E-state index is 5.33. The average molecular weight is 207 g/mol. The van der Waals surface area contributed by atoms with E-state index in [1.54, 1.807) is 0 Å². The third-order valence-electron chi connectivity index (χ3n) is 2.87. The predicted octanol–water partition coefficient (Wildman–Crippen LogP) is 1.43. The molecule has 0 bridgehead atoms. The van der Waals surface area contributed by atoms with Crippen LogP contribution >= 0.6 is 0 Å². The largest absolute Gasteiger partial charge is 0.365 e. The molecule has 0 aromatic carbocycles. The number of aromatic nitrogens is 2. The Kier molecular flexibility index (Phi) is 2.48. The second kappa shape index (κ2) is 3.66. The molecule has 0 amide bonds. The Morgan fingerprint density at radius 2 is 2.00 bits per heavy atom. The van der Waals surface area contributed by atoms with Crippen LogP contribution in [0.2, 0.25) is 0 Å². The van der Waals surface area contributed by atoms with Crippen molar-refractivity contribution < 1.29 is 0 Å². The van der Waals surface area contributed by atoms with Gasteiger partial charge in [-0.1, -0.05) is 0 Å². The average Bonchev–Trinajstić information content (AvgIpc) is 2.14. The van der Waals surface area contributed by atoms with E-state index in [4.69, 9.17) is 5.84 Å². The zero-order valence-electron chi connectivity index (χ0n) is 9.17. The zero-order chi connectivity index (χ0) is 10.9. The summed E-state index contributed by atoms with van der Waals surface area (Å²) in [5.41, 5.74) is 2.74. The van der Waals surface area contributed by atoms with Crippen LogP contribution < -0.4 is 16.6 Å². The van der Waals surface area contributed by atoms with Crippen LogP contribution in [-0.2, 0) is 0 Å². The molecular formula is C10H17N5. The van der Waals surface area contributed by atoms with Crippen molar-refractivity contribution in [3.63, 3.8) is 0 Å². The number of nitrogens with one attached hydrogen (secondary N) is 2. The minimum absolute atomic E-state index is 0.201. The van der Waals surface area contributed by atoms with Crippen LogP contribution in [0, 0.1) is 6.92 Å². The molecule has 0 atom stereocenters. The number of nitrogens with two attached hydrogens (primary N) is 1. The molecule has 1 aromatic heterocycles. The summed E-state index contributed by atoms with van der Waals surface area (Å²) in [4.78, 5) is 8.47. The second-order valence-electron chi connectivity index (χ2n) is 4.37. The molecule has 0 saturated heterocycles. The van der Waals surface area contributed by atoms with Crippen LogP contribution in [0.1, 0.15) is 32.0 Å². The molecule has 1 aliphatic carbocycles. The van der Waals surface area contributed by atoms with Crippen molar-refractivity contribution in [3.05, 3.63) is 11.9 Å². The molecule has 0 radical (unpaired) electrons. The summed E-state index contributed by atoms with van der Waals surface area (Å²) in [5.74, 6) is 7.54. The summed E-state index contributed by atoms with van der Waals surface area (Å²) in [6.07, 6.45) is 3.68. The number of hydrazine groups is 1. The number of hydrogen-bond donors (Lipinski definition) is 3. The van der Waals surface area contributed by atoms with E-state index < -0.39 is 0 Å². The van der Waals surface area contributed by atoms with Gasteiger partial charge in [0.05, 0.1) is 0 Å². The van der Waals surface area contributed by atoms with E-state index >= 15 is 0 Å². The van der Waals surface area contributed by atoms with Gasteiger partial charge in [0, 0.05) is 11.6 Å². The predicted molar refractivity (Wildman–Crippen MR) is 60.5 cm³/mol. The third-order valence-corrected chi connectivity index (χ3v) is 2.87. The van der Waals surface area contributed by atoms with E-state index in [0.717, 1.165) is 11.6 Å². The smallest absolute Gasteiger partial charge is 0.145 e. The molecule has 82 valence electrons. The molecule has 5 nitrogen and oxygen atoms in total. The number of anilines is 2. The molecule has 1 aliphatic rings. The van der Waals surface area contributed by atoms with Gasteiger partial charge in [0.2, 0.25) is 0 Å². The molecule has 1 aromatic rings. The van der Waals surface area contributed by atoms with Crippen molar-refractivity contribution in [1.29, 1.82) is 0 Å². The first-order valence-corrected chi connectivity index (χ1v) is 5.22. The van der Waals surface area contributed by atoms with Crippen LogP contribution in [0.15, 0.2) is 6.07 Å². The van der Waals surface area contributed by atoms with Gasteiger partial charge in [-0.3, -0.25) is 0 Å². The lowest BCUT2D eigenvalue weighted by molar-refractivity contribution is 0.305. The van der Waals surface area contributed by atoms with Gasteiger partial charge in [-0.25, -0.2) is 15.8 Å². The molecule has 2 rings (SSSR count). The number of aryl methyl sites for hydroxylation is 1. The molecular weight excluding hydrogens is 190 g/mol. The Morgan fingerprint density at radius 1 is 1.33 bits per heavy atom. The Morgan fingerprint density at radius 3 is 2.53 bits per heavy atom. The first kappa shape index (κ1) is 10.2. The highest BCUT2D eigenvalue weighted by Crippen LogP contribution is 2.34. The second-order valence-corrected chi connectivity index (χ2v) is 4.37. The molecule has 5 heteroatoms. The minimum Gasteiger partial charge on any atom is -0.365 e. The molecule has 1 fully saturated rings. The van der Waals surface area contributed by atoms with Gasteiger partial charge >= 0.3 is 0 Å². The molecule has 4 N–H and O–H groups in total. The fourth-order valence-corrected chi connectivity index (χ4v) is 1.85. The number of nitrogens with zero attached hydrogens (tertiary/aromatic N) is 2. The van der Waals surface area contributed by atoms with E-state index in [9.17, 15) is 0 Å². The minimum atomic E-state index is 0.201. The maximum Gasteiger partial charge on any atom is 0.145 e. The van der Waals surface area contributed by atoms with Gasteiger partial charge in [-0.15, -0.1) is 0 Å². The van der Waals surface area contributed by atoms with E-state index in [1.807, 2.05) is 13.0 Å². The summed E-state index contributed by atoms with van der Waals surface area (Å²) in [6, 6.07) is 1.83. The van der Waals surface area contributed by atoms with Crippen LogP contribution in [-0.4, -0.2) is 15.5 Å². The Balaban J connectivity index is 2.16. The monoisotopic (exact) mass is 207 g/mol. The fourth-order valence-electron chi connectivity index (χ4n) is 1.85. The van der Waals surface area contributed by atoms with Crippen molar-refractivity contribution in [2.75, 3.05) is 10.7 Å². The standard InChI is InChI=1S/C10H17N5/c1-7-12-8(6-9(13-7)15-11)14-10(2)4-3-5-10/h6H,3-5,11H2,1-2H3,(H2,12,13,14,15). The number of rotatable bonds is 3. The van der Waals surface area contributed by atoms with Gasteiger partial charge in [-0.05, 0) is 33.1 Å². The van der Waals surface area contributed by atoms with Crippen molar-refractivity contribution in [3.8, 4) is 0 Å². The lowest BCUT2D eigenvalue weighted by Gasteiger charge is -2.39. The molecule has 0 unspecified atom stereocenters. The van der Waals surface area contributed by atoms with Crippen molar-refractivity contribution in [2.45, 2.75) is 38.6 Å². The lowest BCUT2D eigenvalue weighted by Crippen LogP contribution is -2.42. The summed E-state index contributed by atoms with van der Waals surface area (Å²) >= 11 is 0. The van der Waals surface area contributed by atoms with Crippen molar-refractivity contribution >= 4 is 11.6 Å².